The molecule has 0 spiro atoms. The summed E-state index contributed by atoms with van der Waals surface area (Å²) in [5, 5.41) is 11.0. The van der Waals surface area contributed by atoms with Crippen molar-refractivity contribution in [2.24, 2.45) is 0 Å². The first-order valence-electron chi connectivity index (χ1n) is 5.49. The van der Waals surface area contributed by atoms with Crippen LogP contribution in [-0.2, 0) is 9.59 Å². The molecule has 106 valence electrons. The SMILES string of the molecule is O=C(O)CSCC(=O)NCCN1CCCS1(O)O. The minimum Gasteiger partial charge on any atom is -0.481 e. The molecule has 0 saturated carbocycles. The Hall–Kier alpha value is -0.480. The minimum absolute atomic E-state index is 0.0971. The van der Waals surface area contributed by atoms with Gasteiger partial charge in [-0.2, -0.15) is 0 Å². The monoisotopic (exact) mass is 298 g/mol. The Kier molecular flexibility index (Phi) is 6.22. The molecule has 0 aromatic heterocycles. The van der Waals surface area contributed by atoms with Crippen molar-refractivity contribution in [2.45, 2.75) is 6.42 Å². The fourth-order valence-corrected chi connectivity index (χ4v) is 3.71. The van der Waals surface area contributed by atoms with Crippen LogP contribution in [0.1, 0.15) is 6.42 Å². The van der Waals surface area contributed by atoms with Crippen LogP contribution in [0.3, 0.4) is 0 Å². The molecule has 0 radical (unpaired) electrons. The van der Waals surface area contributed by atoms with E-state index in [2.05, 4.69) is 5.32 Å². The number of rotatable bonds is 7. The number of carbonyl (C=O) groups excluding carboxylic acids is 1. The van der Waals surface area contributed by atoms with E-state index in [4.69, 9.17) is 5.11 Å². The van der Waals surface area contributed by atoms with Crippen molar-refractivity contribution in [1.29, 1.82) is 0 Å². The van der Waals surface area contributed by atoms with Crippen LogP contribution in [0.15, 0.2) is 0 Å². The summed E-state index contributed by atoms with van der Waals surface area (Å²) in [4.78, 5) is 21.5. The van der Waals surface area contributed by atoms with Crippen molar-refractivity contribution in [2.75, 3.05) is 36.9 Å². The second-order valence-electron chi connectivity index (χ2n) is 3.86. The lowest BCUT2D eigenvalue weighted by Gasteiger charge is -2.36. The van der Waals surface area contributed by atoms with Crippen molar-refractivity contribution in [3.63, 3.8) is 0 Å². The summed E-state index contributed by atoms with van der Waals surface area (Å²) in [5.74, 6) is -0.784. The lowest BCUT2D eigenvalue weighted by molar-refractivity contribution is -0.133. The maximum Gasteiger partial charge on any atom is 0.313 e. The summed E-state index contributed by atoms with van der Waals surface area (Å²) in [6.45, 7) is 1.37. The predicted octanol–water partition coefficient (Wildman–Crippen LogP) is 0.292. The molecule has 9 heteroatoms. The molecule has 1 aliphatic heterocycles. The number of nitrogens with one attached hydrogen (secondary N) is 1. The molecule has 1 aliphatic rings. The molecule has 1 heterocycles. The van der Waals surface area contributed by atoms with Gasteiger partial charge in [-0.3, -0.25) is 18.7 Å². The fourth-order valence-electron chi connectivity index (χ4n) is 1.57. The number of thioether (sulfide) groups is 1. The molecule has 4 N–H and O–H groups in total. The molecule has 1 amide bonds. The Morgan fingerprint density at radius 3 is 2.61 bits per heavy atom. The van der Waals surface area contributed by atoms with E-state index in [9.17, 15) is 18.7 Å². The molecule has 0 aliphatic carbocycles. The minimum atomic E-state index is -2.61. The van der Waals surface area contributed by atoms with Gasteiger partial charge >= 0.3 is 5.97 Å². The lowest BCUT2D eigenvalue weighted by atomic mass is 10.4. The van der Waals surface area contributed by atoms with Crippen LogP contribution in [0.4, 0.5) is 0 Å². The zero-order chi connectivity index (χ0) is 13.6. The molecule has 7 nitrogen and oxygen atoms in total. The molecular weight excluding hydrogens is 280 g/mol. The molecule has 0 aromatic rings. The molecule has 1 fully saturated rings. The second-order valence-corrected chi connectivity index (χ2v) is 7.03. The molecule has 1 rings (SSSR count). The van der Waals surface area contributed by atoms with Crippen LogP contribution >= 0.6 is 22.5 Å². The average Bonchev–Trinajstić information content (AvgIpc) is 2.58. The average molecular weight is 298 g/mol. The van der Waals surface area contributed by atoms with E-state index >= 15 is 0 Å². The molecule has 1 saturated heterocycles. The zero-order valence-corrected chi connectivity index (χ0v) is 11.5. The van der Waals surface area contributed by atoms with Crippen LogP contribution < -0.4 is 5.32 Å². The zero-order valence-electron chi connectivity index (χ0n) is 9.87. The summed E-state index contributed by atoms with van der Waals surface area (Å²) in [6.07, 6.45) is 0.755. The highest BCUT2D eigenvalue weighted by molar-refractivity contribution is 8.22. The number of aliphatic carboxylic acids is 1. The van der Waals surface area contributed by atoms with Gasteiger partial charge in [0.2, 0.25) is 5.91 Å². The highest BCUT2D eigenvalue weighted by atomic mass is 32.3. The van der Waals surface area contributed by atoms with Crippen molar-refractivity contribution >= 4 is 34.4 Å². The van der Waals surface area contributed by atoms with Gasteiger partial charge < -0.3 is 10.4 Å². The second kappa shape index (κ2) is 7.19. The third kappa shape index (κ3) is 5.44. The van der Waals surface area contributed by atoms with E-state index in [1.54, 1.807) is 4.31 Å². The van der Waals surface area contributed by atoms with E-state index in [-0.39, 0.29) is 17.4 Å². The van der Waals surface area contributed by atoms with Gasteiger partial charge in [-0.05, 0) is 6.42 Å². The van der Waals surface area contributed by atoms with Gasteiger partial charge in [-0.25, -0.2) is 4.31 Å². The van der Waals surface area contributed by atoms with Gasteiger partial charge in [0, 0.05) is 19.6 Å². The maximum absolute atomic E-state index is 11.3. The number of carboxylic acid groups (broad SMARTS) is 1. The van der Waals surface area contributed by atoms with Crippen molar-refractivity contribution in [3.8, 4) is 0 Å². The van der Waals surface area contributed by atoms with Gasteiger partial charge in [-0.15, -0.1) is 22.5 Å². The van der Waals surface area contributed by atoms with Crippen molar-refractivity contribution in [3.05, 3.63) is 0 Å². The molecule has 0 unspecified atom stereocenters. The standard InChI is InChI=1S/C9H18N2O5S2/c12-8(6-17-7-9(13)14)10-2-4-11-3-1-5-18(11,15)16/h15-16H,1-7H2,(H,10,12)(H,13,14). The largest absolute Gasteiger partial charge is 0.481 e. The third-order valence-corrected chi connectivity index (χ3v) is 5.33. The first kappa shape index (κ1) is 15.6. The smallest absolute Gasteiger partial charge is 0.313 e. The quantitative estimate of drug-likeness (QED) is 0.535. The van der Waals surface area contributed by atoms with Crippen LogP contribution in [0.2, 0.25) is 0 Å². The first-order valence-corrected chi connectivity index (χ1v) is 8.32. The molecular formula is C9H18N2O5S2. The number of carbonyl (C=O) groups is 2. The summed E-state index contributed by atoms with van der Waals surface area (Å²) < 4.78 is 20.8. The summed E-state index contributed by atoms with van der Waals surface area (Å²) >= 11 is 1.03. The predicted molar refractivity (Wildman–Crippen MR) is 71.9 cm³/mol. The van der Waals surface area contributed by atoms with Gasteiger partial charge in [0.25, 0.3) is 0 Å². The molecule has 0 bridgehead atoms. The summed E-state index contributed by atoms with van der Waals surface area (Å²) in [5.41, 5.74) is 0. The normalized spacial score (nSPS) is 20.6. The Bertz CT molecular complexity index is 313. The first-order chi connectivity index (χ1) is 8.42. The molecule has 18 heavy (non-hydrogen) atoms. The fraction of sp³-hybridized carbons (Fsp3) is 0.778. The van der Waals surface area contributed by atoms with Gasteiger partial charge in [0.1, 0.15) is 0 Å². The van der Waals surface area contributed by atoms with E-state index in [0.29, 0.717) is 25.4 Å². The van der Waals surface area contributed by atoms with Gasteiger partial charge in [0.05, 0.1) is 17.3 Å². The molecule has 0 atom stereocenters. The number of carboxylic acids is 1. The number of nitrogens with zero attached hydrogens (tertiary/aromatic N) is 1. The third-order valence-electron chi connectivity index (χ3n) is 2.38. The van der Waals surface area contributed by atoms with Gasteiger partial charge in [0.15, 0.2) is 0 Å². The van der Waals surface area contributed by atoms with E-state index < -0.39 is 16.7 Å². The van der Waals surface area contributed by atoms with E-state index in [0.717, 1.165) is 18.2 Å². The number of hydrogen-bond donors (Lipinski definition) is 4. The molecule has 0 aromatic carbocycles. The Labute approximate surface area is 111 Å². The lowest BCUT2D eigenvalue weighted by Crippen LogP contribution is -2.35. The Morgan fingerprint density at radius 1 is 1.33 bits per heavy atom. The summed E-state index contributed by atoms with van der Waals surface area (Å²) in [6, 6.07) is 0. The highest BCUT2D eigenvalue weighted by Crippen LogP contribution is 2.47. The summed E-state index contributed by atoms with van der Waals surface area (Å²) in [7, 11) is -2.61. The van der Waals surface area contributed by atoms with Crippen LogP contribution in [-0.4, -0.2) is 67.3 Å². The van der Waals surface area contributed by atoms with Crippen molar-refractivity contribution < 1.29 is 23.8 Å². The Morgan fingerprint density at radius 2 is 2.06 bits per heavy atom. The topological polar surface area (TPSA) is 110 Å². The van der Waals surface area contributed by atoms with Crippen LogP contribution in [0.5, 0.6) is 0 Å². The van der Waals surface area contributed by atoms with E-state index in [1.165, 1.54) is 0 Å². The van der Waals surface area contributed by atoms with Crippen molar-refractivity contribution in [1.82, 2.24) is 9.62 Å². The number of hydrogen-bond acceptors (Lipinski definition) is 6. The van der Waals surface area contributed by atoms with Gasteiger partial charge in [-0.1, -0.05) is 0 Å². The number of amides is 1. The Balaban J connectivity index is 2.10. The van der Waals surface area contributed by atoms with E-state index in [1.807, 2.05) is 0 Å². The highest BCUT2D eigenvalue weighted by Gasteiger charge is 2.28. The van der Waals surface area contributed by atoms with Crippen LogP contribution in [0, 0.1) is 0 Å². The van der Waals surface area contributed by atoms with Crippen LogP contribution in [0.25, 0.3) is 0 Å². The maximum atomic E-state index is 11.3.